The number of hydrogen-bond donors (Lipinski definition) is 0. The van der Waals surface area contributed by atoms with E-state index in [0.717, 1.165) is 24.0 Å². The van der Waals surface area contributed by atoms with Crippen molar-refractivity contribution >= 4 is 10.0 Å². The van der Waals surface area contributed by atoms with Crippen LogP contribution >= 0.6 is 0 Å². The molecule has 0 aliphatic heterocycles. The fraction of sp³-hybridized carbons (Fsp3) is 0.278. The average Bonchev–Trinajstić information content (AvgIpc) is 3.37. The molecule has 0 bridgehead atoms. The van der Waals surface area contributed by atoms with Gasteiger partial charge in [-0.1, -0.05) is 29.8 Å². The summed E-state index contributed by atoms with van der Waals surface area (Å²) in [4.78, 5) is 0.246. The van der Waals surface area contributed by atoms with Gasteiger partial charge in [0.05, 0.1) is 16.5 Å². The van der Waals surface area contributed by atoms with E-state index in [1.165, 1.54) is 12.1 Å². The van der Waals surface area contributed by atoms with E-state index in [0.29, 0.717) is 12.1 Å². The predicted octanol–water partition coefficient (Wildman–Crippen LogP) is 3.22. The van der Waals surface area contributed by atoms with Crippen molar-refractivity contribution in [3.63, 3.8) is 0 Å². The second kappa shape index (κ2) is 6.15. The summed E-state index contributed by atoms with van der Waals surface area (Å²) in [5, 5.41) is 8.85. The molecular weight excluding hydrogens is 308 g/mol. The van der Waals surface area contributed by atoms with Crippen molar-refractivity contribution in [1.29, 1.82) is 5.26 Å². The Kier molecular flexibility index (Phi) is 4.20. The highest BCUT2D eigenvalue weighted by Gasteiger charge is 2.38. The van der Waals surface area contributed by atoms with Crippen molar-refractivity contribution in [1.82, 2.24) is 4.31 Å². The van der Waals surface area contributed by atoms with Crippen LogP contribution in [-0.4, -0.2) is 18.8 Å². The lowest BCUT2D eigenvalue weighted by molar-refractivity contribution is 0.398. The lowest BCUT2D eigenvalue weighted by Crippen LogP contribution is -2.32. The fourth-order valence-corrected chi connectivity index (χ4v) is 4.27. The Hall–Kier alpha value is -2.16. The highest BCUT2D eigenvalue weighted by Crippen LogP contribution is 2.33. The van der Waals surface area contributed by atoms with Crippen LogP contribution in [0.3, 0.4) is 0 Å². The summed E-state index contributed by atoms with van der Waals surface area (Å²) in [5.74, 6) is 0. The van der Waals surface area contributed by atoms with Crippen molar-refractivity contribution in [2.45, 2.75) is 37.2 Å². The largest absolute Gasteiger partial charge is 0.243 e. The molecule has 1 fully saturated rings. The van der Waals surface area contributed by atoms with Gasteiger partial charge in [-0.05, 0) is 49.6 Å². The third-order valence-electron chi connectivity index (χ3n) is 3.97. The van der Waals surface area contributed by atoms with Crippen LogP contribution in [-0.2, 0) is 16.6 Å². The number of nitriles is 1. The first kappa shape index (κ1) is 15.7. The first-order chi connectivity index (χ1) is 11.0. The molecule has 0 spiro atoms. The van der Waals surface area contributed by atoms with E-state index in [4.69, 9.17) is 5.26 Å². The van der Waals surface area contributed by atoms with E-state index in [1.807, 2.05) is 37.3 Å². The summed E-state index contributed by atoms with van der Waals surface area (Å²) >= 11 is 0. The van der Waals surface area contributed by atoms with Gasteiger partial charge in [0.15, 0.2) is 0 Å². The fourth-order valence-electron chi connectivity index (χ4n) is 2.60. The summed E-state index contributed by atoms with van der Waals surface area (Å²) in [7, 11) is -3.55. The van der Waals surface area contributed by atoms with Crippen LogP contribution in [0.4, 0.5) is 0 Å². The van der Waals surface area contributed by atoms with Gasteiger partial charge in [-0.3, -0.25) is 0 Å². The summed E-state index contributed by atoms with van der Waals surface area (Å²) in [6.45, 7) is 2.38. The molecule has 1 aliphatic rings. The molecule has 5 heteroatoms. The third-order valence-corrected chi connectivity index (χ3v) is 5.88. The lowest BCUT2D eigenvalue weighted by Gasteiger charge is -2.22. The zero-order chi connectivity index (χ0) is 16.4. The number of benzene rings is 2. The Labute approximate surface area is 137 Å². The monoisotopic (exact) mass is 326 g/mol. The Morgan fingerprint density at radius 2 is 1.87 bits per heavy atom. The number of sulfonamides is 1. The zero-order valence-electron chi connectivity index (χ0n) is 12.9. The summed E-state index contributed by atoms with van der Waals surface area (Å²) in [6, 6.07) is 16.1. The molecule has 0 aromatic heterocycles. The Morgan fingerprint density at radius 1 is 1.17 bits per heavy atom. The molecule has 0 unspecified atom stereocenters. The van der Waals surface area contributed by atoms with E-state index >= 15 is 0 Å². The van der Waals surface area contributed by atoms with E-state index in [2.05, 4.69) is 0 Å². The van der Waals surface area contributed by atoms with Crippen molar-refractivity contribution < 1.29 is 8.42 Å². The average molecular weight is 326 g/mol. The first-order valence-electron chi connectivity index (χ1n) is 7.58. The van der Waals surface area contributed by atoms with Crippen LogP contribution in [0, 0.1) is 18.3 Å². The Balaban J connectivity index is 1.91. The molecule has 4 nitrogen and oxygen atoms in total. The van der Waals surface area contributed by atoms with Crippen molar-refractivity contribution in [2.24, 2.45) is 0 Å². The topological polar surface area (TPSA) is 61.2 Å². The summed E-state index contributed by atoms with van der Waals surface area (Å²) < 4.78 is 27.5. The van der Waals surface area contributed by atoms with E-state index in [-0.39, 0.29) is 10.9 Å². The molecule has 0 radical (unpaired) electrons. The first-order valence-corrected chi connectivity index (χ1v) is 9.02. The van der Waals surface area contributed by atoms with Gasteiger partial charge in [-0.2, -0.15) is 9.57 Å². The molecule has 1 aliphatic carbocycles. The molecule has 0 heterocycles. The van der Waals surface area contributed by atoms with Crippen LogP contribution < -0.4 is 0 Å². The Morgan fingerprint density at radius 3 is 2.43 bits per heavy atom. The quantitative estimate of drug-likeness (QED) is 0.847. The highest BCUT2D eigenvalue weighted by atomic mass is 32.2. The minimum Gasteiger partial charge on any atom is -0.207 e. The van der Waals surface area contributed by atoms with E-state index in [1.54, 1.807) is 16.4 Å². The molecule has 0 saturated heterocycles. The molecule has 0 N–H and O–H groups in total. The minimum absolute atomic E-state index is 0.0798. The number of rotatable bonds is 5. The molecule has 118 valence electrons. The standard InChI is InChI=1S/C18H18N2O2S/c1-14-3-2-4-16(11-14)13-20(17-7-8-17)23(21,22)18-9-5-15(12-19)6-10-18/h2-6,9-11,17H,7-8,13H2,1H3. The highest BCUT2D eigenvalue weighted by molar-refractivity contribution is 7.89. The van der Waals surface area contributed by atoms with Gasteiger partial charge in [-0.25, -0.2) is 8.42 Å². The Bertz CT molecular complexity index is 847. The van der Waals surface area contributed by atoms with Gasteiger partial charge in [0.25, 0.3) is 0 Å². The smallest absolute Gasteiger partial charge is 0.207 e. The normalized spacial score (nSPS) is 14.7. The number of hydrogen-bond acceptors (Lipinski definition) is 3. The van der Waals surface area contributed by atoms with Crippen LogP contribution in [0.1, 0.15) is 29.5 Å². The van der Waals surface area contributed by atoms with Gasteiger partial charge in [-0.15, -0.1) is 0 Å². The predicted molar refractivity (Wildman–Crippen MR) is 88.1 cm³/mol. The van der Waals surface area contributed by atoms with Crippen molar-refractivity contribution in [3.8, 4) is 6.07 Å². The molecular formula is C18H18N2O2S. The number of nitrogens with zero attached hydrogens (tertiary/aromatic N) is 2. The second-order valence-electron chi connectivity index (χ2n) is 5.91. The molecule has 0 atom stereocenters. The molecule has 0 amide bonds. The summed E-state index contributed by atoms with van der Waals surface area (Å²) in [6.07, 6.45) is 1.81. The summed E-state index contributed by atoms with van der Waals surface area (Å²) in [5.41, 5.74) is 2.57. The van der Waals surface area contributed by atoms with Gasteiger partial charge in [0, 0.05) is 12.6 Å². The van der Waals surface area contributed by atoms with Crippen LogP contribution in [0.5, 0.6) is 0 Å². The molecule has 1 saturated carbocycles. The van der Waals surface area contributed by atoms with Crippen LogP contribution in [0.2, 0.25) is 0 Å². The number of aryl methyl sites for hydroxylation is 1. The molecule has 3 rings (SSSR count). The van der Waals surface area contributed by atoms with E-state index < -0.39 is 10.0 Å². The van der Waals surface area contributed by atoms with Gasteiger partial charge < -0.3 is 0 Å². The van der Waals surface area contributed by atoms with Crippen LogP contribution in [0.25, 0.3) is 0 Å². The third kappa shape index (κ3) is 3.44. The maximum atomic E-state index is 12.9. The van der Waals surface area contributed by atoms with Crippen molar-refractivity contribution in [2.75, 3.05) is 0 Å². The zero-order valence-corrected chi connectivity index (χ0v) is 13.8. The van der Waals surface area contributed by atoms with Crippen molar-refractivity contribution in [3.05, 3.63) is 65.2 Å². The van der Waals surface area contributed by atoms with Gasteiger partial charge >= 0.3 is 0 Å². The van der Waals surface area contributed by atoms with E-state index in [9.17, 15) is 8.42 Å². The van der Waals surface area contributed by atoms with Crippen LogP contribution in [0.15, 0.2) is 53.4 Å². The lowest BCUT2D eigenvalue weighted by atomic mass is 10.1. The second-order valence-corrected chi connectivity index (χ2v) is 7.80. The van der Waals surface area contributed by atoms with Gasteiger partial charge in [0.1, 0.15) is 0 Å². The minimum atomic E-state index is -3.55. The molecule has 2 aromatic carbocycles. The molecule has 23 heavy (non-hydrogen) atoms. The SMILES string of the molecule is Cc1cccc(CN(C2CC2)S(=O)(=O)c2ccc(C#N)cc2)c1. The maximum absolute atomic E-state index is 12.9. The van der Waals surface area contributed by atoms with Gasteiger partial charge in [0.2, 0.25) is 10.0 Å². The molecule has 2 aromatic rings. The maximum Gasteiger partial charge on any atom is 0.243 e.